The molecule has 0 fully saturated rings. The first-order valence-corrected chi connectivity index (χ1v) is 8.15. The molecule has 0 saturated carbocycles. The lowest BCUT2D eigenvalue weighted by atomic mass is 9.89. The van der Waals surface area contributed by atoms with Crippen molar-refractivity contribution < 1.29 is 42.4 Å². The van der Waals surface area contributed by atoms with Gasteiger partial charge >= 0.3 is 6.18 Å². The van der Waals surface area contributed by atoms with Crippen LogP contribution in [0.1, 0.15) is 22.8 Å². The molecule has 3 heterocycles. The number of phenols is 2. The molecule has 5 rings (SSSR count). The van der Waals surface area contributed by atoms with Gasteiger partial charge in [0.2, 0.25) is 12.6 Å². The number of ether oxygens (including phenoxy) is 3. The van der Waals surface area contributed by atoms with Crippen LogP contribution in [0.25, 0.3) is 5.57 Å². The smallest absolute Gasteiger partial charge is 0.416 e. The zero-order valence-electron chi connectivity index (χ0n) is 14.3. The van der Waals surface area contributed by atoms with Crippen LogP contribution in [0.3, 0.4) is 0 Å². The minimum Gasteiger partial charge on any atom is -0.507 e. The van der Waals surface area contributed by atoms with Crippen LogP contribution in [0, 0.1) is 0 Å². The third kappa shape index (κ3) is 2.79. The van der Waals surface area contributed by atoms with E-state index in [2.05, 4.69) is 0 Å². The van der Waals surface area contributed by atoms with Crippen LogP contribution in [0.15, 0.2) is 35.9 Å². The fourth-order valence-electron chi connectivity index (χ4n) is 3.31. The van der Waals surface area contributed by atoms with Gasteiger partial charge in [-0.3, -0.25) is 4.79 Å². The first-order chi connectivity index (χ1) is 13.2. The predicted molar refractivity (Wildman–Crippen MR) is 89.7 cm³/mol. The van der Waals surface area contributed by atoms with Gasteiger partial charge in [0.15, 0.2) is 11.5 Å². The van der Waals surface area contributed by atoms with Gasteiger partial charge in [-0.25, -0.2) is 0 Å². The van der Waals surface area contributed by atoms with Crippen molar-refractivity contribution in [2.45, 2.75) is 19.2 Å². The Hall–Kier alpha value is -3.36. The molecule has 0 aliphatic carbocycles. The number of allylic oxidation sites excluding steroid dienone is 1. The third-order valence-corrected chi connectivity index (χ3v) is 4.48. The Morgan fingerprint density at radius 1 is 1.04 bits per heavy atom. The number of hydrogen-bond acceptors (Lipinski definition) is 6. The fraction of sp³-hybridized carbons (Fsp3) is 0.211. The van der Waals surface area contributed by atoms with Crippen molar-refractivity contribution in [3.05, 3.63) is 47.0 Å². The number of phenolic OH excluding ortho intramolecular Hbond substituents is 2. The normalized spacial score (nSPS) is 21.1. The molecule has 2 aromatic rings. The fourth-order valence-corrected chi connectivity index (χ4v) is 3.31. The molecule has 3 aliphatic rings. The number of alkyl halides is 3. The summed E-state index contributed by atoms with van der Waals surface area (Å²) in [7, 11) is 0. The van der Waals surface area contributed by atoms with Crippen LogP contribution in [-0.2, 0) is 0 Å². The van der Waals surface area contributed by atoms with Crippen molar-refractivity contribution in [3.63, 3.8) is 0 Å². The quantitative estimate of drug-likeness (QED) is 0.765. The highest BCUT2D eigenvalue weighted by Crippen LogP contribution is 2.45. The van der Waals surface area contributed by atoms with E-state index in [-0.39, 0.29) is 23.9 Å². The van der Waals surface area contributed by atoms with E-state index in [1.165, 1.54) is 18.2 Å². The first-order valence-electron chi connectivity index (χ1n) is 8.15. The van der Waals surface area contributed by atoms with Crippen LogP contribution < -0.4 is 14.2 Å². The van der Waals surface area contributed by atoms with E-state index in [4.69, 9.17) is 14.2 Å². The number of aromatic hydroxyl groups is 2. The van der Waals surface area contributed by atoms with Gasteiger partial charge in [-0.05, 0) is 24.6 Å². The highest BCUT2D eigenvalue weighted by Gasteiger charge is 2.44. The van der Waals surface area contributed by atoms with Gasteiger partial charge in [-0.15, -0.1) is 0 Å². The number of carbonyl (C=O) groups is 1. The summed E-state index contributed by atoms with van der Waals surface area (Å²) in [6.45, 7) is 1.04. The van der Waals surface area contributed by atoms with Gasteiger partial charge in [0.25, 0.3) is 0 Å². The number of ketones is 1. The highest BCUT2D eigenvalue weighted by atomic mass is 19.4. The second-order valence-electron chi connectivity index (χ2n) is 6.28. The molecule has 0 saturated heterocycles. The van der Waals surface area contributed by atoms with Crippen molar-refractivity contribution in [2.24, 2.45) is 0 Å². The molecule has 146 valence electrons. The summed E-state index contributed by atoms with van der Waals surface area (Å²) < 4.78 is 57.5. The van der Waals surface area contributed by atoms with Gasteiger partial charge in [0.1, 0.15) is 28.9 Å². The Labute approximate surface area is 156 Å². The average molecular weight is 394 g/mol. The molecule has 2 bridgehead atoms. The van der Waals surface area contributed by atoms with E-state index in [1.54, 1.807) is 0 Å². The molecule has 28 heavy (non-hydrogen) atoms. The largest absolute Gasteiger partial charge is 0.507 e. The molecule has 2 aromatic carbocycles. The maximum Gasteiger partial charge on any atom is 0.416 e. The molecular weight excluding hydrogens is 381 g/mol. The van der Waals surface area contributed by atoms with E-state index in [0.717, 1.165) is 19.1 Å². The Kier molecular flexibility index (Phi) is 3.91. The molecular formula is C19H13F3O6. The second kappa shape index (κ2) is 6.08. The van der Waals surface area contributed by atoms with Gasteiger partial charge in [-0.2, -0.15) is 13.2 Å². The molecule has 3 aliphatic heterocycles. The SMILES string of the molecule is CC1Oc2cc(O)c(c(O)c2)C(=O)/C(c2ccc3c(c2)OCO3)=C\1C(F)(F)F. The Bertz CT molecular complexity index is 1000. The lowest BCUT2D eigenvalue weighted by Gasteiger charge is -2.22. The molecule has 0 amide bonds. The topological polar surface area (TPSA) is 85.2 Å². The maximum absolute atomic E-state index is 14.0. The lowest BCUT2D eigenvalue weighted by molar-refractivity contribution is -0.101. The van der Waals surface area contributed by atoms with Gasteiger partial charge in [0.05, 0.1) is 5.57 Å². The van der Waals surface area contributed by atoms with Crippen molar-refractivity contribution >= 4 is 11.4 Å². The summed E-state index contributed by atoms with van der Waals surface area (Å²) in [4.78, 5) is 13.1. The Balaban J connectivity index is 2.04. The monoisotopic (exact) mass is 394 g/mol. The van der Waals surface area contributed by atoms with Crippen LogP contribution in [-0.4, -0.2) is 35.1 Å². The van der Waals surface area contributed by atoms with Crippen LogP contribution >= 0.6 is 0 Å². The minimum absolute atomic E-state index is 0.0971. The van der Waals surface area contributed by atoms with Gasteiger partial charge in [-0.1, -0.05) is 6.07 Å². The Morgan fingerprint density at radius 2 is 1.68 bits per heavy atom. The van der Waals surface area contributed by atoms with Crippen LogP contribution in [0.4, 0.5) is 13.2 Å². The number of fused-ring (bicyclic) bond motifs is 6. The van der Waals surface area contributed by atoms with E-state index < -0.39 is 46.3 Å². The number of carbonyl (C=O) groups excluding carboxylic acids is 1. The predicted octanol–water partition coefficient (Wildman–Crippen LogP) is 3.81. The number of hydrogen-bond donors (Lipinski definition) is 2. The average Bonchev–Trinajstić information content (AvgIpc) is 3.05. The molecule has 9 heteroatoms. The van der Waals surface area contributed by atoms with Gasteiger partial charge < -0.3 is 24.4 Å². The Morgan fingerprint density at radius 3 is 2.32 bits per heavy atom. The van der Waals surface area contributed by atoms with Crippen LogP contribution in [0.5, 0.6) is 28.7 Å². The summed E-state index contributed by atoms with van der Waals surface area (Å²) in [6, 6.07) is 5.87. The summed E-state index contributed by atoms with van der Waals surface area (Å²) in [5.74, 6) is -2.26. The highest BCUT2D eigenvalue weighted by molar-refractivity contribution is 6.31. The zero-order valence-corrected chi connectivity index (χ0v) is 14.3. The van der Waals surface area contributed by atoms with Gasteiger partial charge in [0, 0.05) is 17.7 Å². The third-order valence-electron chi connectivity index (χ3n) is 4.48. The van der Waals surface area contributed by atoms with Crippen LogP contribution in [0.2, 0.25) is 0 Å². The molecule has 0 aromatic heterocycles. The zero-order chi connectivity index (χ0) is 20.2. The number of Topliss-reactive ketones (excluding diaryl/α,β-unsaturated/α-hetero) is 1. The van der Waals surface area contributed by atoms with Crippen molar-refractivity contribution in [1.82, 2.24) is 0 Å². The van der Waals surface area contributed by atoms with Crippen molar-refractivity contribution in [2.75, 3.05) is 6.79 Å². The standard InChI is InChI=1S/C19H13F3O6/c1-8-17(19(20,21)22)15(9-2-3-13-14(4-9)27-7-26-13)18(25)16-11(23)5-10(28-8)6-12(16)24/h2-6,8,23-24H,7H2,1H3/b17-15+. The molecule has 0 radical (unpaired) electrons. The molecule has 1 unspecified atom stereocenters. The number of halogens is 3. The van der Waals surface area contributed by atoms with Crippen molar-refractivity contribution in [1.29, 1.82) is 0 Å². The molecule has 6 nitrogen and oxygen atoms in total. The summed E-state index contributed by atoms with van der Waals surface area (Å²) in [6.07, 6.45) is -6.51. The summed E-state index contributed by atoms with van der Waals surface area (Å²) in [5, 5.41) is 20.2. The molecule has 2 N–H and O–H groups in total. The maximum atomic E-state index is 14.0. The lowest BCUT2D eigenvalue weighted by Crippen LogP contribution is -2.29. The number of rotatable bonds is 1. The first kappa shape index (κ1) is 18.0. The van der Waals surface area contributed by atoms with Crippen molar-refractivity contribution in [3.8, 4) is 28.7 Å². The molecule has 0 spiro atoms. The second-order valence-corrected chi connectivity index (χ2v) is 6.28. The van der Waals surface area contributed by atoms with E-state index in [9.17, 15) is 28.2 Å². The van der Waals surface area contributed by atoms with E-state index >= 15 is 0 Å². The van der Waals surface area contributed by atoms with E-state index in [0.29, 0.717) is 5.75 Å². The summed E-state index contributed by atoms with van der Waals surface area (Å²) >= 11 is 0. The number of benzene rings is 2. The summed E-state index contributed by atoms with van der Waals surface area (Å²) in [5.41, 5.74) is -2.75. The molecule has 1 atom stereocenters. The van der Waals surface area contributed by atoms with E-state index in [1.807, 2.05) is 0 Å². The minimum atomic E-state index is -4.92.